The zero-order valence-corrected chi connectivity index (χ0v) is 15.6. The second-order valence-electron chi connectivity index (χ2n) is 7.59. The molecular weight excluding hydrogens is 324 g/mol. The smallest absolute Gasteiger partial charge is 0.149 e. The molecule has 4 rings (SSSR count). The van der Waals surface area contributed by atoms with Crippen LogP contribution in [0.4, 0.5) is 0 Å². The van der Waals surface area contributed by atoms with Crippen molar-refractivity contribution in [1.29, 1.82) is 0 Å². The topological polar surface area (TPSA) is 37.6 Å². The Morgan fingerprint density at radius 3 is 2.92 bits per heavy atom. The Hall–Kier alpha value is -1.96. The van der Waals surface area contributed by atoms with Crippen LogP contribution >= 0.6 is 0 Å². The minimum atomic E-state index is 0.255. The molecule has 1 saturated carbocycles. The largest absolute Gasteiger partial charge is 0.481 e. The molecule has 138 valence electrons. The maximum atomic E-state index is 9.65. The maximum Gasteiger partial charge on any atom is 0.149 e. The van der Waals surface area contributed by atoms with Crippen molar-refractivity contribution in [3.63, 3.8) is 0 Å². The zero-order valence-electron chi connectivity index (χ0n) is 15.6. The molecule has 1 aromatic heterocycles. The zero-order chi connectivity index (χ0) is 17.9. The van der Waals surface area contributed by atoms with Crippen molar-refractivity contribution in [2.24, 2.45) is 5.92 Å². The highest BCUT2D eigenvalue weighted by Crippen LogP contribution is 2.34. The summed E-state index contributed by atoms with van der Waals surface area (Å²) < 4.78 is 8.21. The van der Waals surface area contributed by atoms with Gasteiger partial charge in [-0.15, -0.1) is 5.92 Å². The molecule has 2 aromatic rings. The lowest BCUT2D eigenvalue weighted by molar-refractivity contribution is 0.154. The third-order valence-corrected chi connectivity index (χ3v) is 5.66. The van der Waals surface area contributed by atoms with Gasteiger partial charge in [0.2, 0.25) is 0 Å². The molecule has 0 amide bonds. The van der Waals surface area contributed by atoms with Crippen molar-refractivity contribution in [2.75, 3.05) is 19.8 Å². The van der Waals surface area contributed by atoms with E-state index in [4.69, 9.17) is 4.74 Å². The van der Waals surface area contributed by atoms with E-state index in [1.165, 1.54) is 35.7 Å². The predicted octanol–water partition coefficient (Wildman–Crippen LogP) is 3.41. The van der Waals surface area contributed by atoms with Gasteiger partial charge in [0.05, 0.1) is 6.61 Å². The standard InChI is InChI=1S/C22H28N2O2/c1-2-3-11-26-20-8-9-22-21(12-20)18(15-24(22)13-17-6-7-17)14-23-10-4-5-19(23)16-25/h8-9,12,15,17,19,25H,4-7,10-11,13-14,16H2,1H3/t19-/m0/s1. The van der Waals surface area contributed by atoms with Crippen molar-refractivity contribution >= 4 is 10.9 Å². The van der Waals surface area contributed by atoms with Gasteiger partial charge < -0.3 is 14.4 Å². The minimum absolute atomic E-state index is 0.255. The Bertz CT molecular complexity index is 826. The summed E-state index contributed by atoms with van der Waals surface area (Å²) in [5.74, 6) is 7.55. The molecular formula is C22H28N2O2. The maximum absolute atomic E-state index is 9.65. The van der Waals surface area contributed by atoms with Gasteiger partial charge in [-0.1, -0.05) is 5.92 Å². The van der Waals surface area contributed by atoms with E-state index < -0.39 is 0 Å². The van der Waals surface area contributed by atoms with E-state index in [2.05, 4.69) is 45.7 Å². The van der Waals surface area contributed by atoms with Crippen LogP contribution in [0.2, 0.25) is 0 Å². The van der Waals surface area contributed by atoms with Crippen LogP contribution in [0, 0.1) is 17.8 Å². The first-order valence-electron chi connectivity index (χ1n) is 9.77. The second-order valence-corrected chi connectivity index (χ2v) is 7.59. The van der Waals surface area contributed by atoms with E-state index in [1.54, 1.807) is 0 Å². The quantitative estimate of drug-likeness (QED) is 0.776. The number of fused-ring (bicyclic) bond motifs is 1. The minimum Gasteiger partial charge on any atom is -0.481 e. The number of likely N-dealkylation sites (tertiary alicyclic amines) is 1. The Morgan fingerprint density at radius 2 is 2.15 bits per heavy atom. The number of rotatable bonds is 7. The monoisotopic (exact) mass is 352 g/mol. The first-order chi connectivity index (χ1) is 12.8. The molecule has 0 bridgehead atoms. The van der Waals surface area contributed by atoms with Gasteiger partial charge in [0, 0.05) is 36.2 Å². The van der Waals surface area contributed by atoms with Crippen LogP contribution in [0.25, 0.3) is 10.9 Å². The lowest BCUT2D eigenvalue weighted by atomic mass is 10.1. The van der Waals surface area contributed by atoms with Crippen LogP contribution < -0.4 is 4.74 Å². The van der Waals surface area contributed by atoms with Crippen LogP contribution in [0.3, 0.4) is 0 Å². The molecule has 1 aliphatic heterocycles. The molecule has 1 saturated heterocycles. The fraction of sp³-hybridized carbons (Fsp3) is 0.545. The number of hydrogen-bond donors (Lipinski definition) is 1. The highest BCUT2D eigenvalue weighted by molar-refractivity contribution is 5.85. The Kier molecular flexibility index (Phi) is 5.19. The van der Waals surface area contributed by atoms with Crippen LogP contribution in [-0.2, 0) is 13.1 Å². The summed E-state index contributed by atoms with van der Waals surface area (Å²) in [6.07, 6.45) is 7.30. The molecule has 4 heteroatoms. The molecule has 2 heterocycles. The molecule has 0 radical (unpaired) electrons. The van der Waals surface area contributed by atoms with Gasteiger partial charge in [0.15, 0.2) is 0 Å². The fourth-order valence-corrected chi connectivity index (χ4v) is 4.02. The third kappa shape index (κ3) is 3.75. The average molecular weight is 352 g/mol. The molecule has 1 aliphatic carbocycles. The number of aromatic nitrogens is 1. The van der Waals surface area contributed by atoms with E-state index in [9.17, 15) is 5.11 Å². The van der Waals surface area contributed by atoms with Gasteiger partial charge in [0.1, 0.15) is 12.4 Å². The first kappa shape index (κ1) is 17.5. The van der Waals surface area contributed by atoms with Gasteiger partial charge in [-0.05, 0) is 68.8 Å². The predicted molar refractivity (Wildman–Crippen MR) is 104 cm³/mol. The molecule has 2 fully saturated rings. The van der Waals surface area contributed by atoms with Crippen LogP contribution in [0.15, 0.2) is 24.4 Å². The number of aliphatic hydroxyl groups excluding tert-OH is 1. The van der Waals surface area contributed by atoms with E-state index >= 15 is 0 Å². The van der Waals surface area contributed by atoms with Crippen molar-refractivity contribution < 1.29 is 9.84 Å². The molecule has 1 aromatic carbocycles. The SMILES string of the molecule is CC#CCOc1ccc2c(c1)c(CN1CCC[C@H]1CO)cn2CC1CC1. The average Bonchev–Trinajstić information content (AvgIpc) is 3.25. The lowest BCUT2D eigenvalue weighted by Gasteiger charge is -2.22. The molecule has 1 N–H and O–H groups in total. The number of ether oxygens (including phenoxy) is 1. The van der Waals surface area contributed by atoms with Gasteiger partial charge in [-0.3, -0.25) is 4.90 Å². The van der Waals surface area contributed by atoms with E-state index in [-0.39, 0.29) is 6.61 Å². The molecule has 4 nitrogen and oxygen atoms in total. The Morgan fingerprint density at radius 1 is 1.27 bits per heavy atom. The number of benzene rings is 1. The molecule has 1 atom stereocenters. The molecule has 26 heavy (non-hydrogen) atoms. The molecule has 0 unspecified atom stereocenters. The van der Waals surface area contributed by atoms with Crippen LogP contribution in [0.5, 0.6) is 5.75 Å². The molecule has 2 aliphatic rings. The summed E-state index contributed by atoms with van der Waals surface area (Å²) >= 11 is 0. The summed E-state index contributed by atoms with van der Waals surface area (Å²) in [6.45, 7) is 5.60. The summed E-state index contributed by atoms with van der Waals surface area (Å²) in [6, 6.07) is 6.70. The summed E-state index contributed by atoms with van der Waals surface area (Å²) in [4.78, 5) is 2.42. The van der Waals surface area contributed by atoms with Gasteiger partial charge in [-0.2, -0.15) is 0 Å². The van der Waals surface area contributed by atoms with Gasteiger partial charge in [-0.25, -0.2) is 0 Å². The highest BCUT2D eigenvalue weighted by Gasteiger charge is 2.26. The number of aliphatic hydroxyl groups is 1. The third-order valence-electron chi connectivity index (χ3n) is 5.66. The lowest BCUT2D eigenvalue weighted by Crippen LogP contribution is -2.31. The highest BCUT2D eigenvalue weighted by atomic mass is 16.5. The van der Waals surface area contributed by atoms with Gasteiger partial charge in [0.25, 0.3) is 0 Å². The summed E-state index contributed by atoms with van der Waals surface area (Å²) in [7, 11) is 0. The Labute approximate surface area is 155 Å². The van der Waals surface area contributed by atoms with Crippen molar-refractivity contribution in [2.45, 2.75) is 51.7 Å². The normalized spacial score (nSPS) is 20.3. The molecule has 0 spiro atoms. The van der Waals surface area contributed by atoms with Crippen LogP contribution in [0.1, 0.15) is 38.2 Å². The van der Waals surface area contributed by atoms with Crippen LogP contribution in [-0.4, -0.2) is 40.4 Å². The van der Waals surface area contributed by atoms with E-state index in [0.29, 0.717) is 12.6 Å². The Balaban J connectivity index is 1.63. The fourth-order valence-electron chi connectivity index (χ4n) is 4.02. The number of hydrogen-bond acceptors (Lipinski definition) is 3. The van der Waals surface area contributed by atoms with Crippen molar-refractivity contribution in [3.05, 3.63) is 30.0 Å². The van der Waals surface area contributed by atoms with Gasteiger partial charge >= 0.3 is 0 Å². The van der Waals surface area contributed by atoms with Crippen molar-refractivity contribution in [3.8, 4) is 17.6 Å². The second kappa shape index (κ2) is 7.73. The summed E-state index contributed by atoms with van der Waals surface area (Å²) in [5.41, 5.74) is 2.63. The van der Waals surface area contributed by atoms with E-state index in [1.807, 2.05) is 6.92 Å². The van der Waals surface area contributed by atoms with E-state index in [0.717, 1.165) is 37.7 Å². The number of nitrogens with zero attached hydrogens (tertiary/aromatic N) is 2. The first-order valence-corrected chi connectivity index (χ1v) is 9.77. The van der Waals surface area contributed by atoms with Crippen molar-refractivity contribution in [1.82, 2.24) is 9.47 Å². The summed E-state index contributed by atoms with van der Waals surface area (Å²) in [5, 5.41) is 10.9.